The Morgan fingerprint density at radius 3 is 2.43 bits per heavy atom. The summed E-state index contributed by atoms with van der Waals surface area (Å²) in [5, 5.41) is 2.33. The molecule has 0 aliphatic carbocycles. The Hall–Kier alpha value is -2.15. The van der Waals surface area contributed by atoms with Crippen LogP contribution in [0.1, 0.15) is 15.9 Å². The average molecular weight is 319 g/mol. The van der Waals surface area contributed by atoms with E-state index in [2.05, 4.69) is 10.3 Å². The molecule has 1 heterocycles. The molecule has 0 unspecified atom stereocenters. The molecule has 0 saturated heterocycles. The van der Waals surface area contributed by atoms with E-state index in [-0.39, 0.29) is 16.4 Å². The molecule has 1 aromatic heterocycles. The summed E-state index contributed by atoms with van der Waals surface area (Å²) in [6.45, 7) is 0. The lowest BCUT2D eigenvalue weighted by atomic mass is 10.2. The van der Waals surface area contributed by atoms with Crippen LogP contribution in [0, 0.1) is 5.82 Å². The van der Waals surface area contributed by atoms with Gasteiger partial charge in [-0.1, -0.05) is 11.6 Å². The van der Waals surface area contributed by atoms with Crippen LogP contribution in [0.15, 0.2) is 36.5 Å². The van der Waals surface area contributed by atoms with E-state index in [1.54, 1.807) is 0 Å². The summed E-state index contributed by atoms with van der Waals surface area (Å²) in [4.78, 5) is 15.4. The summed E-state index contributed by atoms with van der Waals surface area (Å²) in [6, 6.07) is 4.56. The van der Waals surface area contributed by atoms with Crippen LogP contribution in [0.2, 0.25) is 5.15 Å². The zero-order valence-electron chi connectivity index (χ0n) is 10.2. The Bertz CT molecular complexity index is 671. The summed E-state index contributed by atoms with van der Waals surface area (Å²) in [6.07, 6.45) is -3.48. The lowest BCUT2D eigenvalue weighted by molar-refractivity contribution is -0.137. The number of carbonyl (C=O) groups is 1. The van der Waals surface area contributed by atoms with Crippen molar-refractivity contribution in [2.24, 2.45) is 0 Å². The third kappa shape index (κ3) is 3.69. The standard InChI is InChI=1S/C13H7ClF4N2O/c14-11-4-1-7(6-19-11)12(21)20-10-3-2-8(5-9(10)15)13(16,17)18/h1-6H,(H,20,21). The molecule has 0 saturated carbocycles. The molecule has 0 aliphatic heterocycles. The van der Waals surface area contributed by atoms with Crippen LogP contribution in [0.25, 0.3) is 0 Å². The molecule has 1 N–H and O–H groups in total. The van der Waals surface area contributed by atoms with Gasteiger partial charge in [-0.05, 0) is 30.3 Å². The molecular weight excluding hydrogens is 312 g/mol. The number of nitrogens with one attached hydrogen (secondary N) is 1. The van der Waals surface area contributed by atoms with Crippen molar-refractivity contribution in [3.8, 4) is 0 Å². The fourth-order valence-corrected chi connectivity index (χ4v) is 1.61. The van der Waals surface area contributed by atoms with Gasteiger partial charge in [0.2, 0.25) is 0 Å². The van der Waals surface area contributed by atoms with Gasteiger partial charge in [-0.2, -0.15) is 13.2 Å². The van der Waals surface area contributed by atoms with Crippen LogP contribution in [-0.2, 0) is 6.18 Å². The van der Waals surface area contributed by atoms with Crippen molar-refractivity contribution in [3.63, 3.8) is 0 Å². The van der Waals surface area contributed by atoms with Crippen molar-refractivity contribution in [1.29, 1.82) is 0 Å². The number of aromatic nitrogens is 1. The molecule has 1 amide bonds. The molecule has 1 aromatic carbocycles. The zero-order valence-corrected chi connectivity index (χ0v) is 11.0. The average Bonchev–Trinajstić information content (AvgIpc) is 2.40. The number of nitrogens with zero attached hydrogens (tertiary/aromatic N) is 1. The van der Waals surface area contributed by atoms with Gasteiger partial charge in [-0.25, -0.2) is 9.37 Å². The molecule has 0 radical (unpaired) electrons. The van der Waals surface area contributed by atoms with Crippen molar-refractivity contribution in [1.82, 2.24) is 4.98 Å². The van der Waals surface area contributed by atoms with E-state index < -0.39 is 23.5 Å². The minimum atomic E-state index is -4.65. The Morgan fingerprint density at radius 1 is 1.19 bits per heavy atom. The largest absolute Gasteiger partial charge is 0.416 e. The molecule has 2 aromatic rings. The van der Waals surface area contributed by atoms with E-state index >= 15 is 0 Å². The quantitative estimate of drug-likeness (QED) is 0.668. The molecule has 0 atom stereocenters. The Balaban J connectivity index is 2.20. The van der Waals surface area contributed by atoms with Crippen LogP contribution in [0.4, 0.5) is 23.2 Å². The topological polar surface area (TPSA) is 42.0 Å². The van der Waals surface area contributed by atoms with Gasteiger partial charge in [0, 0.05) is 6.20 Å². The van der Waals surface area contributed by atoms with Gasteiger partial charge in [-0.3, -0.25) is 4.79 Å². The number of carbonyl (C=O) groups excluding carboxylic acids is 1. The zero-order chi connectivity index (χ0) is 15.6. The molecule has 0 aliphatic rings. The molecule has 110 valence electrons. The number of halogens is 5. The molecule has 0 bridgehead atoms. The first-order valence-electron chi connectivity index (χ1n) is 5.57. The number of alkyl halides is 3. The highest BCUT2D eigenvalue weighted by atomic mass is 35.5. The van der Waals surface area contributed by atoms with Crippen molar-refractivity contribution in [3.05, 3.63) is 58.6 Å². The van der Waals surface area contributed by atoms with E-state index in [4.69, 9.17) is 11.6 Å². The van der Waals surface area contributed by atoms with Gasteiger partial charge in [0.25, 0.3) is 5.91 Å². The number of anilines is 1. The van der Waals surface area contributed by atoms with Crippen molar-refractivity contribution < 1.29 is 22.4 Å². The summed E-state index contributed by atoms with van der Waals surface area (Å²) >= 11 is 5.55. The number of benzene rings is 1. The lowest BCUT2D eigenvalue weighted by Gasteiger charge is -2.10. The molecule has 0 fully saturated rings. The van der Waals surface area contributed by atoms with E-state index in [0.717, 1.165) is 6.07 Å². The second kappa shape index (κ2) is 5.69. The minimum Gasteiger partial charge on any atom is -0.319 e. The minimum absolute atomic E-state index is 0.0960. The maximum absolute atomic E-state index is 13.6. The van der Waals surface area contributed by atoms with E-state index in [1.807, 2.05) is 0 Å². The smallest absolute Gasteiger partial charge is 0.319 e. The number of rotatable bonds is 2. The number of hydrogen-bond donors (Lipinski definition) is 1. The first-order valence-corrected chi connectivity index (χ1v) is 5.95. The van der Waals surface area contributed by atoms with Gasteiger partial charge < -0.3 is 5.32 Å². The van der Waals surface area contributed by atoms with E-state index in [0.29, 0.717) is 12.1 Å². The highest BCUT2D eigenvalue weighted by Crippen LogP contribution is 2.31. The van der Waals surface area contributed by atoms with Crippen molar-refractivity contribution in [2.45, 2.75) is 6.18 Å². The molecular formula is C13H7ClF4N2O. The summed E-state index contributed by atoms with van der Waals surface area (Å²) in [5.74, 6) is -1.89. The second-order valence-electron chi connectivity index (χ2n) is 4.02. The van der Waals surface area contributed by atoms with Gasteiger partial charge in [0.1, 0.15) is 11.0 Å². The molecule has 8 heteroatoms. The maximum Gasteiger partial charge on any atom is 0.416 e. The first kappa shape index (κ1) is 15.2. The Morgan fingerprint density at radius 2 is 1.90 bits per heavy atom. The second-order valence-corrected chi connectivity index (χ2v) is 4.40. The molecule has 0 spiro atoms. The summed E-state index contributed by atoms with van der Waals surface area (Å²) in [5.41, 5.74) is -1.40. The normalized spacial score (nSPS) is 11.3. The monoisotopic (exact) mass is 318 g/mol. The number of amides is 1. The van der Waals surface area contributed by atoms with Gasteiger partial charge in [0.15, 0.2) is 0 Å². The lowest BCUT2D eigenvalue weighted by Crippen LogP contribution is -2.14. The van der Waals surface area contributed by atoms with Gasteiger partial charge in [0.05, 0.1) is 16.8 Å². The van der Waals surface area contributed by atoms with Crippen LogP contribution in [-0.4, -0.2) is 10.9 Å². The summed E-state index contributed by atoms with van der Waals surface area (Å²) < 4.78 is 50.7. The fraction of sp³-hybridized carbons (Fsp3) is 0.0769. The first-order chi connectivity index (χ1) is 9.77. The molecule has 21 heavy (non-hydrogen) atoms. The Kier molecular flexibility index (Phi) is 4.13. The van der Waals surface area contributed by atoms with Gasteiger partial charge in [-0.15, -0.1) is 0 Å². The number of hydrogen-bond acceptors (Lipinski definition) is 2. The summed E-state index contributed by atoms with van der Waals surface area (Å²) in [7, 11) is 0. The predicted molar refractivity (Wildman–Crippen MR) is 68.6 cm³/mol. The van der Waals surface area contributed by atoms with Crippen LogP contribution >= 0.6 is 11.6 Å². The highest BCUT2D eigenvalue weighted by molar-refractivity contribution is 6.29. The van der Waals surface area contributed by atoms with E-state index in [1.165, 1.54) is 18.3 Å². The molecule has 3 nitrogen and oxygen atoms in total. The van der Waals surface area contributed by atoms with Crippen molar-refractivity contribution >= 4 is 23.2 Å². The SMILES string of the molecule is O=C(Nc1ccc(C(F)(F)F)cc1F)c1ccc(Cl)nc1. The van der Waals surface area contributed by atoms with Gasteiger partial charge >= 0.3 is 6.18 Å². The Labute approximate surface area is 121 Å². The maximum atomic E-state index is 13.6. The van der Waals surface area contributed by atoms with E-state index in [9.17, 15) is 22.4 Å². The fourth-order valence-electron chi connectivity index (χ4n) is 1.50. The van der Waals surface area contributed by atoms with Crippen LogP contribution in [0.5, 0.6) is 0 Å². The third-order valence-corrected chi connectivity index (χ3v) is 2.76. The van der Waals surface area contributed by atoms with Crippen LogP contribution in [0.3, 0.4) is 0 Å². The van der Waals surface area contributed by atoms with Crippen molar-refractivity contribution in [2.75, 3.05) is 5.32 Å². The highest BCUT2D eigenvalue weighted by Gasteiger charge is 2.31. The molecule has 2 rings (SSSR count). The predicted octanol–water partition coefficient (Wildman–Crippen LogP) is 4.15. The van der Waals surface area contributed by atoms with Crippen LogP contribution < -0.4 is 5.32 Å². The number of pyridine rings is 1. The third-order valence-electron chi connectivity index (χ3n) is 2.53.